The fourth-order valence-electron chi connectivity index (χ4n) is 1.64. The van der Waals surface area contributed by atoms with Crippen molar-refractivity contribution in [3.8, 4) is 0 Å². The molecule has 0 bridgehead atoms. The number of rotatable bonds is 22. The molecule has 0 amide bonds. The molecule has 0 unspecified atom stereocenters. The lowest BCUT2D eigenvalue weighted by Gasteiger charge is -2.09. The summed E-state index contributed by atoms with van der Waals surface area (Å²) in [6.07, 6.45) is 0. The molecule has 0 saturated heterocycles. The van der Waals surface area contributed by atoms with Crippen LogP contribution < -0.4 is 0 Å². The molecular formula is C18H36O8. The van der Waals surface area contributed by atoms with Crippen molar-refractivity contribution < 1.29 is 37.9 Å². The van der Waals surface area contributed by atoms with E-state index in [-0.39, 0.29) is 0 Å². The summed E-state index contributed by atoms with van der Waals surface area (Å²) in [6.45, 7) is 11.5. The van der Waals surface area contributed by atoms with Crippen molar-refractivity contribution in [2.24, 2.45) is 0 Å². The van der Waals surface area contributed by atoms with Gasteiger partial charge < -0.3 is 37.9 Å². The van der Waals surface area contributed by atoms with E-state index in [1.807, 2.05) is 0 Å². The smallest absolute Gasteiger partial charge is 0.0704 e. The van der Waals surface area contributed by atoms with E-state index in [0.717, 1.165) is 5.57 Å². The molecule has 0 heterocycles. The Balaban J connectivity index is 3.13. The standard InChI is InChI=1S/C18H36O8/c1-18(16-25-14-12-23-10-8-21-6-4-19-2)17-26-15-13-24-11-9-22-7-5-20-3/h1,4-17H2,2-3H3. The normalized spacial score (nSPS) is 11.2. The molecule has 0 aromatic carbocycles. The van der Waals surface area contributed by atoms with Gasteiger partial charge in [-0.2, -0.15) is 0 Å². The van der Waals surface area contributed by atoms with Crippen LogP contribution in [0.4, 0.5) is 0 Å². The lowest BCUT2D eigenvalue weighted by Crippen LogP contribution is -2.14. The molecule has 26 heavy (non-hydrogen) atoms. The van der Waals surface area contributed by atoms with Crippen molar-refractivity contribution in [1.29, 1.82) is 0 Å². The fraction of sp³-hybridized carbons (Fsp3) is 0.889. The second-order valence-electron chi connectivity index (χ2n) is 5.29. The summed E-state index contributed by atoms with van der Waals surface area (Å²) in [5.74, 6) is 0. The molecule has 0 saturated carbocycles. The molecule has 0 radical (unpaired) electrons. The zero-order chi connectivity index (χ0) is 19.1. The van der Waals surface area contributed by atoms with Gasteiger partial charge in [0.1, 0.15) is 0 Å². The molecule has 0 aromatic heterocycles. The van der Waals surface area contributed by atoms with Crippen LogP contribution in [0.5, 0.6) is 0 Å². The van der Waals surface area contributed by atoms with Crippen molar-refractivity contribution in [3.63, 3.8) is 0 Å². The van der Waals surface area contributed by atoms with Crippen molar-refractivity contribution in [2.45, 2.75) is 0 Å². The summed E-state index contributed by atoms with van der Waals surface area (Å²) in [6, 6.07) is 0. The van der Waals surface area contributed by atoms with Crippen LogP contribution in [0.1, 0.15) is 0 Å². The molecule has 0 aromatic rings. The Kier molecular flexibility index (Phi) is 22.0. The highest BCUT2D eigenvalue weighted by Crippen LogP contribution is 1.94. The third-order valence-corrected chi connectivity index (χ3v) is 2.96. The lowest BCUT2D eigenvalue weighted by atomic mass is 10.3. The number of hydrogen-bond acceptors (Lipinski definition) is 8. The molecule has 0 atom stereocenters. The van der Waals surface area contributed by atoms with Gasteiger partial charge in [0.25, 0.3) is 0 Å². The molecule has 8 heteroatoms. The first-order valence-corrected chi connectivity index (χ1v) is 8.92. The highest BCUT2D eigenvalue weighted by atomic mass is 16.6. The molecule has 0 spiro atoms. The number of ether oxygens (including phenoxy) is 8. The first kappa shape index (κ1) is 25.4. The van der Waals surface area contributed by atoms with Crippen LogP contribution in [-0.4, -0.2) is 107 Å². The predicted octanol–water partition coefficient (Wildman–Crippen LogP) is 0.935. The third kappa shape index (κ3) is 21.5. The van der Waals surface area contributed by atoms with Crippen LogP contribution in [0.25, 0.3) is 0 Å². The maximum absolute atomic E-state index is 5.46. The SMILES string of the molecule is C=C(COCCOCCOCCOC)COCCOCCOCCOC. The molecule has 0 aliphatic carbocycles. The van der Waals surface area contributed by atoms with E-state index in [4.69, 9.17) is 37.9 Å². The van der Waals surface area contributed by atoms with Crippen molar-refractivity contribution in [3.05, 3.63) is 12.2 Å². The van der Waals surface area contributed by atoms with Crippen molar-refractivity contribution >= 4 is 0 Å². The monoisotopic (exact) mass is 380 g/mol. The highest BCUT2D eigenvalue weighted by Gasteiger charge is 1.97. The van der Waals surface area contributed by atoms with Gasteiger partial charge in [-0.15, -0.1) is 0 Å². The molecule has 0 aliphatic heterocycles. The van der Waals surface area contributed by atoms with Gasteiger partial charge in [0.2, 0.25) is 0 Å². The van der Waals surface area contributed by atoms with Gasteiger partial charge in [-0.1, -0.05) is 6.58 Å². The molecule has 0 rings (SSSR count). The minimum atomic E-state index is 0.460. The second kappa shape index (κ2) is 22.5. The Morgan fingerprint density at radius 2 is 0.731 bits per heavy atom. The quantitative estimate of drug-likeness (QED) is 0.203. The largest absolute Gasteiger partial charge is 0.382 e. The average molecular weight is 380 g/mol. The average Bonchev–Trinajstić information content (AvgIpc) is 2.64. The Hall–Kier alpha value is -0.580. The van der Waals surface area contributed by atoms with Crippen LogP contribution in [0.3, 0.4) is 0 Å². The summed E-state index contributed by atoms with van der Waals surface area (Å²) in [5.41, 5.74) is 0.885. The molecule has 0 N–H and O–H groups in total. The molecule has 8 nitrogen and oxygen atoms in total. The summed E-state index contributed by atoms with van der Waals surface area (Å²) in [4.78, 5) is 0. The summed E-state index contributed by atoms with van der Waals surface area (Å²) < 4.78 is 42.0. The Morgan fingerprint density at radius 1 is 0.462 bits per heavy atom. The molecule has 0 aliphatic rings. The zero-order valence-corrected chi connectivity index (χ0v) is 16.4. The van der Waals surface area contributed by atoms with E-state index in [9.17, 15) is 0 Å². The molecular weight excluding hydrogens is 344 g/mol. The van der Waals surface area contributed by atoms with E-state index in [1.165, 1.54) is 0 Å². The van der Waals surface area contributed by atoms with Gasteiger partial charge in [-0.05, 0) is 5.57 Å². The van der Waals surface area contributed by atoms with E-state index in [0.29, 0.717) is 92.5 Å². The van der Waals surface area contributed by atoms with E-state index in [1.54, 1.807) is 14.2 Å². The predicted molar refractivity (Wildman–Crippen MR) is 97.8 cm³/mol. The number of methoxy groups -OCH3 is 2. The minimum absolute atomic E-state index is 0.460. The summed E-state index contributed by atoms with van der Waals surface area (Å²) in [5, 5.41) is 0. The van der Waals surface area contributed by atoms with Gasteiger partial charge in [-0.25, -0.2) is 0 Å². The summed E-state index contributed by atoms with van der Waals surface area (Å²) >= 11 is 0. The second-order valence-corrected chi connectivity index (χ2v) is 5.29. The first-order chi connectivity index (χ1) is 12.8. The van der Waals surface area contributed by atoms with Gasteiger partial charge in [-0.3, -0.25) is 0 Å². The van der Waals surface area contributed by atoms with Gasteiger partial charge in [0.15, 0.2) is 0 Å². The third-order valence-electron chi connectivity index (χ3n) is 2.96. The Bertz CT molecular complexity index is 262. The minimum Gasteiger partial charge on any atom is -0.382 e. The molecule has 156 valence electrons. The topological polar surface area (TPSA) is 73.8 Å². The van der Waals surface area contributed by atoms with Gasteiger partial charge >= 0.3 is 0 Å². The van der Waals surface area contributed by atoms with Crippen molar-refractivity contribution in [1.82, 2.24) is 0 Å². The van der Waals surface area contributed by atoms with Crippen molar-refractivity contribution in [2.75, 3.05) is 107 Å². The fourth-order valence-corrected chi connectivity index (χ4v) is 1.64. The van der Waals surface area contributed by atoms with E-state index < -0.39 is 0 Å². The first-order valence-electron chi connectivity index (χ1n) is 8.92. The zero-order valence-electron chi connectivity index (χ0n) is 16.4. The van der Waals surface area contributed by atoms with Crippen LogP contribution in [0.15, 0.2) is 12.2 Å². The molecule has 0 fully saturated rings. The van der Waals surface area contributed by atoms with Gasteiger partial charge in [0, 0.05) is 14.2 Å². The lowest BCUT2D eigenvalue weighted by molar-refractivity contribution is 0.000767. The Morgan fingerprint density at radius 3 is 1.04 bits per heavy atom. The van der Waals surface area contributed by atoms with E-state index >= 15 is 0 Å². The van der Waals surface area contributed by atoms with Crippen LogP contribution in [0.2, 0.25) is 0 Å². The maximum Gasteiger partial charge on any atom is 0.0704 e. The van der Waals surface area contributed by atoms with Crippen LogP contribution in [-0.2, 0) is 37.9 Å². The Labute approximate surface area is 157 Å². The highest BCUT2D eigenvalue weighted by molar-refractivity contribution is 4.94. The maximum atomic E-state index is 5.46. The van der Waals surface area contributed by atoms with E-state index in [2.05, 4.69) is 6.58 Å². The van der Waals surface area contributed by atoms with Crippen LogP contribution in [0, 0.1) is 0 Å². The van der Waals surface area contributed by atoms with Crippen LogP contribution >= 0.6 is 0 Å². The number of hydrogen-bond donors (Lipinski definition) is 0. The van der Waals surface area contributed by atoms with Gasteiger partial charge in [0.05, 0.1) is 92.5 Å². The summed E-state index contributed by atoms with van der Waals surface area (Å²) in [7, 11) is 3.29.